The second-order valence-electron chi connectivity index (χ2n) is 4.89. The third kappa shape index (κ3) is 3.20. The molecule has 1 aliphatic heterocycles. The van der Waals surface area contributed by atoms with E-state index in [9.17, 15) is 14.8 Å². The summed E-state index contributed by atoms with van der Waals surface area (Å²) in [4.78, 5) is 28.2. The van der Waals surface area contributed by atoms with Crippen molar-refractivity contribution in [3.05, 3.63) is 17.3 Å². The molecule has 13 heteroatoms. The standard InChI is InChI=1S/C10H13N4O7PS/c15-6-4(1-20-22(17,18)19)21-10(7(6)16)14-3-13-5-8(14)11-2-12-9(5)23/h2-4,6-7,10,15-16H,1H2,(H,11,12,23)(H2,17,18,19)/t4-,6?,7?,10-/m0/s1. The number of rotatable bonds is 4. The number of aliphatic hydroxyl groups is 2. The Morgan fingerprint density at radius 3 is 2.83 bits per heavy atom. The Balaban J connectivity index is 1.87. The van der Waals surface area contributed by atoms with Crippen LogP contribution in [0.25, 0.3) is 11.2 Å². The summed E-state index contributed by atoms with van der Waals surface area (Å²) >= 11 is 5.03. The zero-order chi connectivity index (χ0) is 16.8. The Morgan fingerprint density at radius 1 is 1.39 bits per heavy atom. The number of H-pyrrole nitrogens is 1. The second-order valence-corrected chi connectivity index (χ2v) is 6.52. The third-order valence-corrected chi connectivity index (χ3v) is 4.18. The van der Waals surface area contributed by atoms with Crippen LogP contribution < -0.4 is 0 Å². The first-order chi connectivity index (χ1) is 10.8. The average molecular weight is 364 g/mol. The molecule has 0 aromatic carbocycles. The fourth-order valence-electron chi connectivity index (χ4n) is 2.33. The summed E-state index contributed by atoms with van der Waals surface area (Å²) in [6.45, 7) is -0.580. The Bertz CT molecular complexity index is 819. The molecule has 0 amide bonds. The van der Waals surface area contributed by atoms with Gasteiger partial charge in [-0.1, -0.05) is 12.2 Å². The van der Waals surface area contributed by atoms with Gasteiger partial charge in [-0.15, -0.1) is 0 Å². The Hall–Kier alpha value is -1.24. The molecule has 0 spiro atoms. The number of aromatic amines is 1. The molecule has 2 aromatic heterocycles. The molecular formula is C10H13N4O7PS. The number of imidazole rings is 1. The number of phosphoric acid groups is 1. The van der Waals surface area contributed by atoms with Crippen molar-refractivity contribution in [1.82, 2.24) is 19.5 Å². The molecule has 23 heavy (non-hydrogen) atoms. The van der Waals surface area contributed by atoms with Crippen molar-refractivity contribution in [3.8, 4) is 0 Å². The van der Waals surface area contributed by atoms with Gasteiger partial charge in [0.2, 0.25) is 0 Å². The van der Waals surface area contributed by atoms with Gasteiger partial charge < -0.3 is 29.7 Å². The second kappa shape index (κ2) is 6.00. The number of aromatic nitrogens is 4. The Morgan fingerprint density at radius 2 is 2.13 bits per heavy atom. The molecule has 0 saturated carbocycles. The first-order valence-electron chi connectivity index (χ1n) is 6.40. The lowest BCUT2D eigenvalue weighted by atomic mass is 10.1. The van der Waals surface area contributed by atoms with Gasteiger partial charge in [-0.3, -0.25) is 9.09 Å². The molecule has 1 saturated heterocycles. The number of hydrogen-bond acceptors (Lipinski definition) is 8. The van der Waals surface area contributed by atoms with Crippen molar-refractivity contribution in [2.75, 3.05) is 6.61 Å². The molecule has 0 radical (unpaired) electrons. The minimum atomic E-state index is -4.71. The van der Waals surface area contributed by atoms with Crippen LogP contribution in [-0.2, 0) is 13.8 Å². The molecule has 4 atom stereocenters. The van der Waals surface area contributed by atoms with Crippen LogP contribution in [0.2, 0.25) is 0 Å². The summed E-state index contributed by atoms with van der Waals surface area (Å²) in [6, 6.07) is 0. The minimum Gasteiger partial charge on any atom is -0.387 e. The molecule has 11 nitrogen and oxygen atoms in total. The van der Waals surface area contributed by atoms with Crippen LogP contribution in [0.4, 0.5) is 0 Å². The van der Waals surface area contributed by atoms with Crippen LogP contribution in [0, 0.1) is 4.64 Å². The maximum Gasteiger partial charge on any atom is 0.469 e. The fourth-order valence-corrected chi connectivity index (χ4v) is 2.88. The molecule has 1 aliphatic rings. The lowest BCUT2D eigenvalue weighted by Gasteiger charge is -2.16. The van der Waals surface area contributed by atoms with E-state index in [0.717, 1.165) is 0 Å². The van der Waals surface area contributed by atoms with Gasteiger partial charge in [0.15, 0.2) is 10.9 Å². The molecule has 126 valence electrons. The minimum absolute atomic E-state index is 0.256. The van der Waals surface area contributed by atoms with E-state index in [-0.39, 0.29) is 4.64 Å². The van der Waals surface area contributed by atoms with Crippen molar-refractivity contribution in [2.24, 2.45) is 0 Å². The molecule has 3 rings (SSSR count). The van der Waals surface area contributed by atoms with Gasteiger partial charge in [0.05, 0.1) is 19.3 Å². The normalized spacial score (nSPS) is 28.5. The third-order valence-electron chi connectivity index (χ3n) is 3.40. The highest BCUT2D eigenvalue weighted by Gasteiger charge is 2.45. The topological polar surface area (TPSA) is 163 Å². The number of nitrogens with zero attached hydrogens (tertiary/aromatic N) is 3. The van der Waals surface area contributed by atoms with E-state index in [1.165, 1.54) is 17.2 Å². The van der Waals surface area contributed by atoms with E-state index in [0.29, 0.717) is 11.2 Å². The number of fused-ring (bicyclic) bond motifs is 1. The Labute approximate surface area is 133 Å². The van der Waals surface area contributed by atoms with Crippen molar-refractivity contribution < 1.29 is 33.8 Å². The highest BCUT2D eigenvalue weighted by molar-refractivity contribution is 7.71. The number of ether oxygens (including phenoxy) is 1. The lowest BCUT2D eigenvalue weighted by Crippen LogP contribution is -2.33. The SMILES string of the molecule is O=P(O)(O)OC[C@@H]1O[C@H](n2cnc3c(=S)nc[nH]c32)C(O)C1O. The monoisotopic (exact) mass is 364 g/mol. The number of nitrogens with one attached hydrogen (secondary N) is 1. The summed E-state index contributed by atoms with van der Waals surface area (Å²) in [5.41, 5.74) is 0.820. The zero-order valence-corrected chi connectivity index (χ0v) is 13.1. The van der Waals surface area contributed by atoms with E-state index in [4.69, 9.17) is 26.7 Å². The highest BCUT2D eigenvalue weighted by Crippen LogP contribution is 2.38. The van der Waals surface area contributed by atoms with Crippen molar-refractivity contribution in [3.63, 3.8) is 0 Å². The number of phosphoric ester groups is 1. The molecule has 2 unspecified atom stereocenters. The predicted octanol–water partition coefficient (Wildman–Crippen LogP) is -0.783. The van der Waals surface area contributed by atoms with Gasteiger partial charge >= 0.3 is 7.82 Å². The van der Waals surface area contributed by atoms with Gasteiger partial charge in [-0.2, -0.15) is 0 Å². The van der Waals surface area contributed by atoms with Crippen LogP contribution in [-0.4, -0.2) is 64.4 Å². The quantitative estimate of drug-likeness (QED) is 0.343. The van der Waals surface area contributed by atoms with E-state index < -0.39 is 39.0 Å². The maximum atomic E-state index is 10.7. The first-order valence-corrected chi connectivity index (χ1v) is 8.33. The van der Waals surface area contributed by atoms with Gasteiger partial charge in [-0.25, -0.2) is 14.5 Å². The summed E-state index contributed by atoms with van der Waals surface area (Å²) in [6.07, 6.45) is -2.19. The van der Waals surface area contributed by atoms with Gasteiger partial charge in [0, 0.05) is 0 Å². The van der Waals surface area contributed by atoms with Gasteiger partial charge in [0.1, 0.15) is 29.5 Å². The van der Waals surface area contributed by atoms with Crippen molar-refractivity contribution >= 4 is 31.2 Å². The van der Waals surface area contributed by atoms with Gasteiger partial charge in [0.25, 0.3) is 0 Å². The zero-order valence-electron chi connectivity index (χ0n) is 11.4. The van der Waals surface area contributed by atoms with Crippen LogP contribution in [0.5, 0.6) is 0 Å². The van der Waals surface area contributed by atoms with Crippen LogP contribution in [0.15, 0.2) is 12.7 Å². The van der Waals surface area contributed by atoms with Crippen LogP contribution >= 0.6 is 20.0 Å². The van der Waals surface area contributed by atoms with Crippen molar-refractivity contribution in [2.45, 2.75) is 24.5 Å². The summed E-state index contributed by atoms with van der Waals surface area (Å²) in [7, 11) is -4.71. The molecule has 3 heterocycles. The van der Waals surface area contributed by atoms with Gasteiger partial charge in [-0.05, 0) is 0 Å². The van der Waals surface area contributed by atoms with Crippen LogP contribution in [0.3, 0.4) is 0 Å². The van der Waals surface area contributed by atoms with E-state index in [2.05, 4.69) is 19.5 Å². The predicted molar refractivity (Wildman–Crippen MR) is 76.6 cm³/mol. The lowest BCUT2D eigenvalue weighted by molar-refractivity contribution is -0.0504. The first kappa shape index (κ1) is 16.6. The number of hydrogen-bond donors (Lipinski definition) is 5. The van der Waals surface area contributed by atoms with Crippen molar-refractivity contribution in [1.29, 1.82) is 0 Å². The molecule has 1 fully saturated rings. The molecular weight excluding hydrogens is 351 g/mol. The average Bonchev–Trinajstić information content (AvgIpc) is 3.01. The fraction of sp³-hybridized carbons (Fsp3) is 0.500. The molecule has 0 bridgehead atoms. The molecule has 5 N–H and O–H groups in total. The summed E-state index contributed by atoms with van der Waals surface area (Å²) in [5, 5.41) is 20.1. The van der Waals surface area contributed by atoms with E-state index >= 15 is 0 Å². The smallest absolute Gasteiger partial charge is 0.387 e. The largest absolute Gasteiger partial charge is 0.469 e. The van der Waals surface area contributed by atoms with Crippen LogP contribution in [0.1, 0.15) is 6.23 Å². The maximum absolute atomic E-state index is 10.7. The number of aliphatic hydroxyl groups excluding tert-OH is 2. The highest BCUT2D eigenvalue weighted by atomic mass is 32.1. The summed E-state index contributed by atoms with van der Waals surface area (Å²) in [5.74, 6) is 0. The van der Waals surface area contributed by atoms with E-state index in [1.54, 1.807) is 0 Å². The molecule has 0 aliphatic carbocycles. The van der Waals surface area contributed by atoms with E-state index in [1.807, 2.05) is 0 Å². The molecule has 2 aromatic rings. The summed E-state index contributed by atoms with van der Waals surface area (Å²) < 4.78 is 22.2. The Kier molecular flexibility index (Phi) is 4.33.